The van der Waals surface area contributed by atoms with Gasteiger partial charge in [0.2, 0.25) is 5.91 Å². The lowest BCUT2D eigenvalue weighted by Crippen LogP contribution is -2.34. The number of carboxylic acids is 1. The normalized spacial score (nSPS) is 12.6. The van der Waals surface area contributed by atoms with Gasteiger partial charge in [-0.2, -0.15) is 0 Å². The molecule has 1 rings (SSSR count). The van der Waals surface area contributed by atoms with Crippen molar-refractivity contribution in [1.82, 2.24) is 5.32 Å². The number of amides is 1. The second-order valence-electron chi connectivity index (χ2n) is 4.93. The van der Waals surface area contributed by atoms with Gasteiger partial charge < -0.3 is 16.2 Å². The van der Waals surface area contributed by atoms with Crippen molar-refractivity contribution >= 4 is 23.6 Å². The van der Waals surface area contributed by atoms with E-state index >= 15 is 0 Å². The first-order chi connectivity index (χ1) is 9.40. The Kier molecular flexibility index (Phi) is 5.77. The van der Waals surface area contributed by atoms with Crippen molar-refractivity contribution in [3.8, 4) is 0 Å². The van der Waals surface area contributed by atoms with Crippen LogP contribution in [0.25, 0.3) is 6.08 Å². The SMILES string of the molecule is CC(C)C(CNC(=O)/C=C/c1ccc(N)cc1)C(=O)O. The van der Waals surface area contributed by atoms with Crippen LogP contribution in [-0.4, -0.2) is 23.5 Å². The number of carbonyl (C=O) groups is 2. The van der Waals surface area contributed by atoms with Gasteiger partial charge in [-0.1, -0.05) is 26.0 Å². The molecule has 0 saturated carbocycles. The minimum Gasteiger partial charge on any atom is -0.481 e. The molecule has 20 heavy (non-hydrogen) atoms. The molecule has 1 amide bonds. The molecule has 4 N–H and O–H groups in total. The van der Waals surface area contributed by atoms with E-state index in [9.17, 15) is 9.59 Å². The smallest absolute Gasteiger partial charge is 0.308 e. The van der Waals surface area contributed by atoms with Gasteiger partial charge in [0.1, 0.15) is 0 Å². The predicted octanol–water partition coefficient (Wildman–Crippen LogP) is 1.75. The standard InChI is InChI=1S/C15H20N2O3/c1-10(2)13(15(19)20)9-17-14(18)8-5-11-3-6-12(16)7-4-11/h3-8,10,13H,9,16H2,1-2H3,(H,17,18)(H,19,20)/b8-5+. The van der Waals surface area contributed by atoms with E-state index in [4.69, 9.17) is 10.8 Å². The summed E-state index contributed by atoms with van der Waals surface area (Å²) in [5, 5.41) is 11.6. The quantitative estimate of drug-likeness (QED) is 0.545. The average molecular weight is 276 g/mol. The molecule has 0 aliphatic heterocycles. The summed E-state index contributed by atoms with van der Waals surface area (Å²) in [6.45, 7) is 3.75. The first-order valence-electron chi connectivity index (χ1n) is 6.44. The summed E-state index contributed by atoms with van der Waals surface area (Å²) in [5.41, 5.74) is 7.08. The molecule has 0 aliphatic carbocycles. The molecule has 0 heterocycles. The maximum atomic E-state index is 11.6. The largest absolute Gasteiger partial charge is 0.481 e. The number of hydrogen-bond acceptors (Lipinski definition) is 3. The van der Waals surface area contributed by atoms with Crippen LogP contribution in [0.1, 0.15) is 19.4 Å². The average Bonchev–Trinajstić information content (AvgIpc) is 2.37. The zero-order valence-electron chi connectivity index (χ0n) is 11.7. The molecule has 0 spiro atoms. The van der Waals surface area contributed by atoms with Crippen molar-refractivity contribution in [2.24, 2.45) is 11.8 Å². The van der Waals surface area contributed by atoms with Crippen LogP contribution in [0.5, 0.6) is 0 Å². The first-order valence-corrected chi connectivity index (χ1v) is 6.44. The van der Waals surface area contributed by atoms with Gasteiger partial charge in [0.05, 0.1) is 5.92 Å². The molecule has 1 aromatic rings. The molecule has 1 aromatic carbocycles. The van der Waals surface area contributed by atoms with Crippen LogP contribution >= 0.6 is 0 Å². The molecule has 0 bridgehead atoms. The molecule has 0 saturated heterocycles. The highest BCUT2D eigenvalue weighted by Crippen LogP contribution is 2.10. The minimum absolute atomic E-state index is 0.0334. The topological polar surface area (TPSA) is 92.4 Å². The van der Waals surface area contributed by atoms with Crippen LogP contribution in [-0.2, 0) is 9.59 Å². The first kappa shape index (κ1) is 15.8. The Balaban J connectivity index is 2.51. The number of nitrogen functional groups attached to an aromatic ring is 1. The number of nitrogens with one attached hydrogen (secondary N) is 1. The van der Waals surface area contributed by atoms with Crippen LogP contribution in [0.4, 0.5) is 5.69 Å². The van der Waals surface area contributed by atoms with E-state index in [2.05, 4.69) is 5.32 Å². The van der Waals surface area contributed by atoms with Crippen molar-refractivity contribution < 1.29 is 14.7 Å². The van der Waals surface area contributed by atoms with Crippen LogP contribution in [0, 0.1) is 11.8 Å². The molecule has 1 atom stereocenters. The van der Waals surface area contributed by atoms with E-state index in [1.54, 1.807) is 30.3 Å². The lowest BCUT2D eigenvalue weighted by Gasteiger charge is -2.15. The molecular formula is C15H20N2O3. The third-order valence-corrected chi connectivity index (χ3v) is 2.98. The van der Waals surface area contributed by atoms with Gasteiger partial charge in [0.15, 0.2) is 0 Å². The van der Waals surface area contributed by atoms with E-state index < -0.39 is 11.9 Å². The fraction of sp³-hybridized carbons (Fsp3) is 0.333. The van der Waals surface area contributed by atoms with Crippen LogP contribution in [0.3, 0.4) is 0 Å². The fourth-order valence-corrected chi connectivity index (χ4v) is 1.66. The third kappa shape index (κ3) is 5.14. The fourth-order valence-electron chi connectivity index (χ4n) is 1.66. The third-order valence-electron chi connectivity index (χ3n) is 2.98. The Morgan fingerprint density at radius 1 is 1.30 bits per heavy atom. The van der Waals surface area contributed by atoms with Gasteiger partial charge in [0.25, 0.3) is 0 Å². The zero-order chi connectivity index (χ0) is 15.1. The molecule has 5 heteroatoms. The minimum atomic E-state index is -0.900. The summed E-state index contributed by atoms with van der Waals surface area (Å²) in [6, 6.07) is 7.09. The van der Waals surface area contributed by atoms with Crippen molar-refractivity contribution in [1.29, 1.82) is 0 Å². The molecule has 0 aromatic heterocycles. The Hall–Kier alpha value is -2.30. The molecule has 1 unspecified atom stereocenters. The Bertz CT molecular complexity index is 492. The number of rotatable bonds is 6. The Morgan fingerprint density at radius 3 is 2.40 bits per heavy atom. The summed E-state index contributed by atoms with van der Waals surface area (Å²) in [5.74, 6) is -1.82. The maximum Gasteiger partial charge on any atom is 0.308 e. The number of nitrogens with two attached hydrogens (primary N) is 1. The molecular weight excluding hydrogens is 256 g/mol. The number of hydrogen-bond donors (Lipinski definition) is 3. The molecule has 108 valence electrons. The van der Waals surface area contributed by atoms with Crippen molar-refractivity contribution in [2.75, 3.05) is 12.3 Å². The molecule has 5 nitrogen and oxygen atoms in total. The van der Waals surface area contributed by atoms with E-state index in [-0.39, 0.29) is 18.4 Å². The van der Waals surface area contributed by atoms with E-state index in [0.717, 1.165) is 5.56 Å². The van der Waals surface area contributed by atoms with Gasteiger partial charge >= 0.3 is 5.97 Å². The van der Waals surface area contributed by atoms with Gasteiger partial charge in [0, 0.05) is 18.3 Å². The van der Waals surface area contributed by atoms with E-state index in [1.165, 1.54) is 6.08 Å². The van der Waals surface area contributed by atoms with Crippen molar-refractivity contribution in [2.45, 2.75) is 13.8 Å². The van der Waals surface area contributed by atoms with Crippen LogP contribution in [0.2, 0.25) is 0 Å². The summed E-state index contributed by atoms with van der Waals surface area (Å²) in [6.07, 6.45) is 3.03. The number of carboxylic acid groups (broad SMARTS) is 1. The predicted molar refractivity (Wildman–Crippen MR) is 78.9 cm³/mol. The highest BCUT2D eigenvalue weighted by molar-refractivity contribution is 5.92. The second-order valence-corrected chi connectivity index (χ2v) is 4.93. The maximum absolute atomic E-state index is 11.6. The summed E-state index contributed by atoms with van der Waals surface area (Å²) in [7, 11) is 0. The second kappa shape index (κ2) is 7.33. The lowest BCUT2D eigenvalue weighted by molar-refractivity contribution is -0.143. The van der Waals surface area contributed by atoms with E-state index in [1.807, 2.05) is 13.8 Å². The van der Waals surface area contributed by atoms with Gasteiger partial charge in [-0.15, -0.1) is 0 Å². The van der Waals surface area contributed by atoms with E-state index in [0.29, 0.717) is 5.69 Å². The van der Waals surface area contributed by atoms with Crippen LogP contribution in [0.15, 0.2) is 30.3 Å². The molecule has 0 fully saturated rings. The van der Waals surface area contributed by atoms with Crippen molar-refractivity contribution in [3.05, 3.63) is 35.9 Å². The summed E-state index contributed by atoms with van der Waals surface area (Å²) in [4.78, 5) is 22.6. The highest BCUT2D eigenvalue weighted by atomic mass is 16.4. The lowest BCUT2D eigenvalue weighted by atomic mass is 9.96. The van der Waals surface area contributed by atoms with Crippen molar-refractivity contribution in [3.63, 3.8) is 0 Å². The number of carbonyl (C=O) groups excluding carboxylic acids is 1. The summed E-state index contributed by atoms with van der Waals surface area (Å²) >= 11 is 0. The summed E-state index contributed by atoms with van der Waals surface area (Å²) < 4.78 is 0. The van der Waals surface area contributed by atoms with Gasteiger partial charge in [-0.3, -0.25) is 9.59 Å². The van der Waals surface area contributed by atoms with Crippen LogP contribution < -0.4 is 11.1 Å². The zero-order valence-corrected chi connectivity index (χ0v) is 11.7. The Morgan fingerprint density at radius 2 is 1.90 bits per heavy atom. The monoisotopic (exact) mass is 276 g/mol. The molecule has 0 aliphatic rings. The van der Waals surface area contributed by atoms with Gasteiger partial charge in [-0.05, 0) is 29.7 Å². The van der Waals surface area contributed by atoms with Gasteiger partial charge in [-0.25, -0.2) is 0 Å². The number of benzene rings is 1. The number of aliphatic carboxylic acids is 1. The number of anilines is 1. The highest BCUT2D eigenvalue weighted by Gasteiger charge is 2.21. The molecule has 0 radical (unpaired) electrons. The Labute approximate surface area is 118 Å².